The average molecular weight is 837 g/mol. The fourth-order valence-electron chi connectivity index (χ4n) is 5.89. The molecule has 0 fully saturated rings. The summed E-state index contributed by atoms with van der Waals surface area (Å²) in [6.07, 6.45) is 3.02. The number of carbonyl (C=O) groups is 2. The molecule has 312 valence electrons. The molecule has 4 rings (SSSR count). The van der Waals surface area contributed by atoms with E-state index in [2.05, 4.69) is 20.6 Å². The Bertz CT molecular complexity index is 1990. The van der Waals surface area contributed by atoms with Crippen LogP contribution in [0.5, 0.6) is 5.75 Å². The first-order chi connectivity index (χ1) is 27.1. The number of hydrogen-bond donors (Lipinski definition) is 5. The highest BCUT2D eigenvalue weighted by Crippen LogP contribution is 2.27. The van der Waals surface area contributed by atoms with E-state index in [4.69, 9.17) is 9.47 Å². The predicted molar refractivity (Wildman–Crippen MR) is 199 cm³/mol. The predicted octanol–water partition coefficient (Wildman–Crippen LogP) is 0.529. The van der Waals surface area contributed by atoms with E-state index >= 15 is 0 Å². The number of nitrogens with one attached hydrogen (secondary N) is 2. The van der Waals surface area contributed by atoms with Crippen molar-refractivity contribution in [2.24, 2.45) is 11.8 Å². The zero-order valence-electron chi connectivity index (χ0n) is 32.0. The fraction of sp³-hybridized carbons (Fsp3) is 0.471. The third-order valence-electron chi connectivity index (χ3n) is 8.76. The maximum absolute atomic E-state index is 13.8. The zero-order chi connectivity index (χ0) is 41.9. The molecule has 2 amide bonds. The van der Waals surface area contributed by atoms with Gasteiger partial charge >= 0.3 is 0 Å². The molecule has 2 atom stereocenters. The Balaban J connectivity index is 1.39. The van der Waals surface area contributed by atoms with Crippen molar-refractivity contribution in [2.45, 2.75) is 82.4 Å². The molecule has 4 aromatic rings. The lowest BCUT2D eigenvalue weighted by Crippen LogP contribution is -2.51. The summed E-state index contributed by atoms with van der Waals surface area (Å²) in [6.45, 7) is 6.35. The Morgan fingerprint density at radius 2 is 1.12 bits per heavy atom. The molecule has 21 nitrogen and oxygen atoms in total. The highest BCUT2D eigenvalue weighted by molar-refractivity contribution is 7.89. The van der Waals surface area contributed by atoms with Gasteiger partial charge in [-0.1, -0.05) is 50.3 Å². The van der Waals surface area contributed by atoms with E-state index in [1.165, 1.54) is 77.4 Å². The number of methoxy groups -OCH3 is 1. The topological polar surface area (TPSA) is 274 Å². The molecule has 2 unspecified atom stereocenters. The van der Waals surface area contributed by atoms with E-state index in [0.29, 0.717) is 11.3 Å². The van der Waals surface area contributed by atoms with Crippen molar-refractivity contribution < 1.29 is 51.4 Å². The van der Waals surface area contributed by atoms with Crippen LogP contribution in [0.1, 0.15) is 44.6 Å². The quantitative estimate of drug-likeness (QED) is 0.0410. The van der Waals surface area contributed by atoms with Crippen molar-refractivity contribution in [1.29, 1.82) is 0 Å². The fourth-order valence-corrected chi connectivity index (χ4v) is 9.28. The zero-order valence-corrected chi connectivity index (χ0v) is 33.7. The largest absolute Gasteiger partial charge is 0.497 e. The number of carbonyl (C=O) groups excluding carboxylic acids is 2. The molecule has 0 saturated heterocycles. The molecule has 0 bridgehead atoms. The highest BCUT2D eigenvalue weighted by atomic mass is 32.2. The maximum atomic E-state index is 13.8. The molecule has 23 heteroatoms. The van der Waals surface area contributed by atoms with E-state index < -0.39 is 55.8 Å². The Labute approximate surface area is 330 Å². The van der Waals surface area contributed by atoms with E-state index in [1.54, 1.807) is 38.7 Å². The van der Waals surface area contributed by atoms with E-state index in [0.717, 1.165) is 8.61 Å². The molecule has 2 aromatic heterocycles. The second kappa shape index (κ2) is 20.0. The number of hydroxylamine groups is 2. The number of amides is 2. The highest BCUT2D eigenvalue weighted by Gasteiger charge is 2.40. The second-order valence-corrected chi connectivity index (χ2v) is 17.2. The average Bonchev–Trinajstić information content (AvgIpc) is 3.85. The first-order valence-corrected chi connectivity index (χ1v) is 20.6. The third kappa shape index (κ3) is 11.2. The summed E-state index contributed by atoms with van der Waals surface area (Å²) >= 11 is 0. The molecule has 0 spiro atoms. The van der Waals surface area contributed by atoms with Crippen LogP contribution < -0.4 is 15.7 Å². The van der Waals surface area contributed by atoms with Gasteiger partial charge in [0.05, 0.1) is 74.3 Å². The third-order valence-corrected chi connectivity index (χ3v) is 12.4. The number of aromatic nitrogens is 6. The van der Waals surface area contributed by atoms with Crippen molar-refractivity contribution in [3.8, 4) is 5.75 Å². The molecule has 0 radical (unpaired) electrons. The molecule has 0 aliphatic rings. The molecular formula is C34H48N10O11S2. The summed E-state index contributed by atoms with van der Waals surface area (Å²) in [5.41, 5.74) is 4.06. The molecule has 0 aliphatic carbocycles. The van der Waals surface area contributed by atoms with Crippen molar-refractivity contribution in [1.82, 2.24) is 49.6 Å². The Hall–Kier alpha value is -4.88. The second-order valence-electron chi connectivity index (χ2n) is 13.5. The summed E-state index contributed by atoms with van der Waals surface area (Å²) in [7, 11) is -7.14. The lowest BCUT2D eigenvalue weighted by atomic mass is 10.0. The van der Waals surface area contributed by atoms with Gasteiger partial charge in [-0.15, -0.1) is 10.2 Å². The molecule has 0 aliphatic heterocycles. The van der Waals surface area contributed by atoms with Gasteiger partial charge in [0.25, 0.3) is 11.8 Å². The first-order valence-electron chi connectivity index (χ1n) is 17.7. The van der Waals surface area contributed by atoms with Gasteiger partial charge < -0.3 is 14.6 Å². The molecule has 2 heterocycles. The van der Waals surface area contributed by atoms with Crippen LogP contribution in [0.25, 0.3) is 0 Å². The molecule has 57 heavy (non-hydrogen) atoms. The monoisotopic (exact) mass is 836 g/mol. The number of nitrogens with zero attached hydrogens (tertiary/aromatic N) is 8. The minimum absolute atomic E-state index is 0.0960. The van der Waals surface area contributed by atoms with Crippen molar-refractivity contribution in [3.63, 3.8) is 0 Å². The Morgan fingerprint density at radius 3 is 1.47 bits per heavy atom. The van der Waals surface area contributed by atoms with Gasteiger partial charge in [0.1, 0.15) is 17.8 Å². The molecule has 0 saturated carbocycles. The minimum atomic E-state index is -4.31. The molecular weight excluding hydrogens is 789 g/mol. The summed E-state index contributed by atoms with van der Waals surface area (Å²) in [6, 6.07) is 8.61. The number of aliphatic hydroxyl groups is 1. The normalized spacial score (nSPS) is 13.3. The summed E-state index contributed by atoms with van der Waals surface area (Å²) < 4.78 is 70.9. The summed E-state index contributed by atoms with van der Waals surface area (Å²) in [5, 5.41) is 44.5. The Kier molecular flexibility index (Phi) is 15.7. The van der Waals surface area contributed by atoms with Crippen molar-refractivity contribution in [2.75, 3.05) is 20.3 Å². The van der Waals surface area contributed by atoms with E-state index in [9.17, 15) is 41.9 Å². The van der Waals surface area contributed by atoms with Crippen LogP contribution in [-0.4, -0.2) is 115 Å². The van der Waals surface area contributed by atoms with E-state index in [-0.39, 0.29) is 67.2 Å². The number of sulfonamides is 2. The van der Waals surface area contributed by atoms with Crippen LogP contribution in [0.2, 0.25) is 0 Å². The van der Waals surface area contributed by atoms with Crippen LogP contribution in [0.3, 0.4) is 0 Å². The Morgan fingerprint density at radius 1 is 0.719 bits per heavy atom. The SMILES string of the molecule is COc1ccc(S(=O)(=O)N(Cc2cn(CCOCCn3cc(CN(C(C(=O)NO)C(C)C)S(=O)(=O)c4ccc(CO)cc4)nn3)nn2)C(C(=O)NO)C(C)C)cc1. The summed E-state index contributed by atoms with van der Waals surface area (Å²) in [5.74, 6) is -2.49. The molecule has 5 N–H and O–H groups in total. The molecule has 2 aromatic carbocycles. The lowest BCUT2D eigenvalue weighted by molar-refractivity contribution is -0.135. The first kappa shape index (κ1) is 44.8. The minimum Gasteiger partial charge on any atom is -0.497 e. The van der Waals surface area contributed by atoms with Gasteiger partial charge in [0.15, 0.2) is 0 Å². The number of rotatable bonds is 22. The smallest absolute Gasteiger partial charge is 0.262 e. The van der Waals surface area contributed by atoms with Gasteiger partial charge in [-0.3, -0.25) is 20.0 Å². The van der Waals surface area contributed by atoms with Crippen molar-refractivity contribution >= 4 is 31.9 Å². The van der Waals surface area contributed by atoms with Crippen molar-refractivity contribution in [3.05, 3.63) is 77.9 Å². The number of benzene rings is 2. The lowest BCUT2D eigenvalue weighted by Gasteiger charge is -2.31. The van der Waals surface area contributed by atoms with Gasteiger partial charge in [-0.2, -0.15) is 8.61 Å². The van der Waals surface area contributed by atoms with Crippen LogP contribution >= 0.6 is 0 Å². The van der Waals surface area contributed by atoms with Crippen LogP contribution in [0.4, 0.5) is 0 Å². The van der Waals surface area contributed by atoms with Gasteiger partial charge in [-0.05, 0) is 53.8 Å². The van der Waals surface area contributed by atoms with Crippen LogP contribution in [-0.2, 0) is 67.2 Å². The van der Waals surface area contributed by atoms with Gasteiger partial charge in [-0.25, -0.2) is 37.2 Å². The number of ether oxygens (including phenoxy) is 2. The van der Waals surface area contributed by atoms with Crippen LogP contribution in [0.15, 0.2) is 70.7 Å². The summed E-state index contributed by atoms with van der Waals surface area (Å²) in [4.78, 5) is 25.2. The van der Waals surface area contributed by atoms with E-state index in [1.807, 2.05) is 0 Å². The number of aliphatic hydroxyl groups excluding tert-OH is 1. The van der Waals surface area contributed by atoms with Gasteiger partial charge in [0, 0.05) is 12.4 Å². The standard InChI is InChI=1S/C34H48N10O11S2/c1-23(2)31(33(46)37-48)43(56(50,51)29-10-6-25(22-45)7-11-29)20-26-18-41(39-35-26)14-16-55-17-15-42-19-27(36-40-42)21-44(32(24(3)4)34(47)38-49)57(52,53)30-12-8-28(54-5)9-13-30/h6-13,18-19,23-24,31-32,45,48-49H,14-17,20-22H2,1-5H3,(H,37,46)(H,38,47). The number of hydrogen-bond acceptors (Lipinski definition) is 15. The van der Waals surface area contributed by atoms with Crippen LogP contribution in [0, 0.1) is 11.8 Å². The maximum Gasteiger partial charge on any atom is 0.262 e. The van der Waals surface area contributed by atoms with Gasteiger partial charge in [0.2, 0.25) is 20.0 Å².